The predicted molar refractivity (Wildman–Crippen MR) is 51.2 cm³/mol. The molecule has 2 aromatic heterocycles. The average molecular weight is 240 g/mol. The summed E-state index contributed by atoms with van der Waals surface area (Å²) in [6.07, 6.45) is 4.90. The highest BCUT2D eigenvalue weighted by molar-refractivity contribution is 9.10. The molecular weight excluding hydrogens is 234 g/mol. The number of aromatic hydroxyl groups is 1. The molecule has 0 amide bonds. The van der Waals surface area contributed by atoms with E-state index < -0.39 is 0 Å². The van der Waals surface area contributed by atoms with Gasteiger partial charge in [0, 0.05) is 23.1 Å². The highest BCUT2D eigenvalue weighted by Crippen LogP contribution is 2.26. The van der Waals surface area contributed by atoms with E-state index in [0.29, 0.717) is 11.5 Å². The second kappa shape index (κ2) is 3.18. The van der Waals surface area contributed by atoms with Crippen molar-refractivity contribution >= 4 is 15.9 Å². The molecule has 0 unspecified atom stereocenters. The molecule has 0 saturated heterocycles. The summed E-state index contributed by atoms with van der Waals surface area (Å²) in [6.45, 7) is 0. The molecule has 5 heteroatoms. The molecule has 4 nitrogen and oxygen atoms in total. The lowest BCUT2D eigenvalue weighted by Crippen LogP contribution is -1.86. The van der Waals surface area contributed by atoms with Gasteiger partial charge in [-0.25, -0.2) is 9.97 Å². The van der Waals surface area contributed by atoms with Gasteiger partial charge in [0.2, 0.25) is 0 Å². The van der Waals surface area contributed by atoms with Crippen LogP contribution in [0.4, 0.5) is 0 Å². The summed E-state index contributed by atoms with van der Waals surface area (Å²) in [6, 6.07) is 1.57. The lowest BCUT2D eigenvalue weighted by molar-refractivity contribution is 0.474. The van der Waals surface area contributed by atoms with Crippen LogP contribution >= 0.6 is 15.9 Å². The third-order valence-electron chi connectivity index (χ3n) is 1.56. The molecule has 0 fully saturated rings. The van der Waals surface area contributed by atoms with Crippen molar-refractivity contribution in [3.8, 4) is 17.3 Å². The zero-order valence-electron chi connectivity index (χ0n) is 6.53. The molecule has 66 valence electrons. The number of nitrogens with zero attached hydrogens (tertiary/aromatic N) is 2. The summed E-state index contributed by atoms with van der Waals surface area (Å²) in [5.74, 6) is 0.661. The number of hydrogen-bond acceptors (Lipinski definition) is 3. The van der Waals surface area contributed by atoms with Gasteiger partial charge in [0.25, 0.3) is 0 Å². The third kappa shape index (κ3) is 1.55. The molecule has 0 atom stereocenters. The van der Waals surface area contributed by atoms with Crippen molar-refractivity contribution in [1.29, 1.82) is 0 Å². The summed E-state index contributed by atoms with van der Waals surface area (Å²) >= 11 is 3.21. The summed E-state index contributed by atoms with van der Waals surface area (Å²) < 4.78 is 0.736. The van der Waals surface area contributed by atoms with Crippen LogP contribution in [0.25, 0.3) is 11.5 Å². The Morgan fingerprint density at radius 2 is 2.23 bits per heavy atom. The van der Waals surface area contributed by atoms with E-state index in [4.69, 9.17) is 0 Å². The second-order valence-electron chi connectivity index (χ2n) is 2.46. The van der Waals surface area contributed by atoms with Gasteiger partial charge in [0.05, 0.1) is 0 Å². The number of aromatic amines is 1. The van der Waals surface area contributed by atoms with E-state index in [2.05, 4.69) is 30.9 Å². The zero-order valence-corrected chi connectivity index (χ0v) is 8.12. The number of aromatic nitrogens is 3. The van der Waals surface area contributed by atoms with Gasteiger partial charge in [0.15, 0.2) is 5.82 Å². The summed E-state index contributed by atoms with van der Waals surface area (Å²) in [5.41, 5.74) is 0.452. The average Bonchev–Trinajstić information content (AvgIpc) is 2.56. The normalized spacial score (nSPS) is 10.2. The molecule has 13 heavy (non-hydrogen) atoms. The van der Waals surface area contributed by atoms with Crippen molar-refractivity contribution in [2.45, 2.75) is 0 Å². The first kappa shape index (κ1) is 8.25. The van der Waals surface area contributed by atoms with Crippen molar-refractivity contribution in [2.24, 2.45) is 0 Å². The van der Waals surface area contributed by atoms with E-state index in [9.17, 15) is 5.11 Å². The third-order valence-corrected chi connectivity index (χ3v) is 1.99. The van der Waals surface area contributed by atoms with Gasteiger partial charge in [-0.3, -0.25) is 0 Å². The first-order valence-electron chi connectivity index (χ1n) is 3.61. The molecule has 0 aliphatic rings. The molecule has 0 aliphatic heterocycles. The summed E-state index contributed by atoms with van der Waals surface area (Å²) in [7, 11) is 0. The second-order valence-corrected chi connectivity index (χ2v) is 3.37. The van der Waals surface area contributed by atoms with Gasteiger partial charge in [-0.15, -0.1) is 0 Å². The largest absolute Gasteiger partial charge is 0.505 e. The lowest BCUT2D eigenvalue weighted by Gasteiger charge is -1.99. The molecule has 0 radical (unpaired) electrons. The number of H-pyrrole nitrogens is 1. The van der Waals surface area contributed by atoms with Crippen LogP contribution in [-0.4, -0.2) is 20.1 Å². The number of rotatable bonds is 1. The maximum atomic E-state index is 9.51. The van der Waals surface area contributed by atoms with Gasteiger partial charge in [0.1, 0.15) is 11.4 Å². The number of nitrogens with one attached hydrogen (secondary N) is 1. The molecule has 2 N–H and O–H groups in total. The minimum Gasteiger partial charge on any atom is -0.505 e. The summed E-state index contributed by atoms with van der Waals surface area (Å²) in [5, 5.41) is 9.51. The van der Waals surface area contributed by atoms with Crippen LogP contribution in [0.15, 0.2) is 29.1 Å². The summed E-state index contributed by atoms with van der Waals surface area (Å²) in [4.78, 5) is 10.9. The Morgan fingerprint density at radius 1 is 1.38 bits per heavy atom. The molecule has 0 aliphatic carbocycles. The topological polar surface area (TPSA) is 61.8 Å². The first-order valence-corrected chi connectivity index (χ1v) is 4.41. The van der Waals surface area contributed by atoms with E-state index in [0.717, 1.165) is 4.47 Å². The number of pyridine rings is 1. The van der Waals surface area contributed by atoms with Gasteiger partial charge >= 0.3 is 0 Å². The lowest BCUT2D eigenvalue weighted by atomic mass is 10.3. The highest BCUT2D eigenvalue weighted by Gasteiger charge is 2.07. The van der Waals surface area contributed by atoms with Crippen LogP contribution < -0.4 is 0 Å². The Morgan fingerprint density at radius 3 is 2.85 bits per heavy atom. The maximum Gasteiger partial charge on any atom is 0.159 e. The highest BCUT2D eigenvalue weighted by atomic mass is 79.9. The first-order chi connectivity index (χ1) is 6.27. The van der Waals surface area contributed by atoms with Crippen LogP contribution in [0.1, 0.15) is 0 Å². The van der Waals surface area contributed by atoms with Gasteiger partial charge < -0.3 is 10.1 Å². The Balaban J connectivity index is 2.53. The fourth-order valence-electron chi connectivity index (χ4n) is 1.01. The number of halogens is 1. The molecule has 0 aromatic carbocycles. The minimum absolute atomic E-state index is 0.101. The van der Waals surface area contributed by atoms with Gasteiger partial charge in [-0.05, 0) is 22.0 Å². The van der Waals surface area contributed by atoms with E-state index in [1.807, 2.05) is 0 Å². The Kier molecular flexibility index (Phi) is 2.02. The van der Waals surface area contributed by atoms with Crippen LogP contribution in [0.3, 0.4) is 0 Å². The smallest absolute Gasteiger partial charge is 0.159 e. The van der Waals surface area contributed by atoms with Crippen molar-refractivity contribution in [1.82, 2.24) is 15.0 Å². The molecule has 0 bridgehead atoms. The van der Waals surface area contributed by atoms with Crippen molar-refractivity contribution in [3.63, 3.8) is 0 Å². The van der Waals surface area contributed by atoms with E-state index >= 15 is 0 Å². The standard InChI is InChI=1S/C8H6BrN3O/c9-5-3-6(13)7(12-4-5)8-10-1-2-11-8/h1-4,13H,(H,10,11). The maximum absolute atomic E-state index is 9.51. The van der Waals surface area contributed by atoms with E-state index in [-0.39, 0.29) is 5.75 Å². The van der Waals surface area contributed by atoms with Gasteiger partial charge in [-0.2, -0.15) is 0 Å². The molecule has 2 rings (SSSR count). The van der Waals surface area contributed by atoms with Crippen molar-refractivity contribution in [3.05, 3.63) is 29.1 Å². The number of imidazole rings is 1. The Labute approximate surface area is 82.8 Å². The van der Waals surface area contributed by atoms with Crippen LogP contribution in [0.2, 0.25) is 0 Å². The molecule has 0 saturated carbocycles. The van der Waals surface area contributed by atoms with Crippen LogP contribution in [0, 0.1) is 0 Å². The molecule has 2 heterocycles. The fourth-order valence-corrected chi connectivity index (χ4v) is 1.33. The SMILES string of the molecule is Oc1cc(Br)cnc1-c1ncc[nH]1. The van der Waals surface area contributed by atoms with Crippen molar-refractivity contribution < 1.29 is 5.11 Å². The predicted octanol–water partition coefficient (Wildman–Crippen LogP) is 1.94. The van der Waals surface area contributed by atoms with E-state index in [1.54, 1.807) is 24.7 Å². The zero-order chi connectivity index (χ0) is 9.26. The Bertz CT molecular complexity index is 413. The quantitative estimate of drug-likeness (QED) is 0.800. The van der Waals surface area contributed by atoms with Crippen LogP contribution in [0.5, 0.6) is 5.75 Å². The van der Waals surface area contributed by atoms with Gasteiger partial charge in [-0.1, -0.05) is 0 Å². The van der Waals surface area contributed by atoms with Crippen LogP contribution in [-0.2, 0) is 0 Å². The molecule has 0 spiro atoms. The van der Waals surface area contributed by atoms with Crippen molar-refractivity contribution in [2.75, 3.05) is 0 Å². The monoisotopic (exact) mass is 239 g/mol. The molecular formula is C8H6BrN3O. The van der Waals surface area contributed by atoms with E-state index in [1.165, 1.54) is 0 Å². The number of hydrogen-bond donors (Lipinski definition) is 2. The minimum atomic E-state index is 0.101. The molecule has 2 aromatic rings. The Hall–Kier alpha value is -1.36. The fraction of sp³-hybridized carbons (Fsp3) is 0.